The van der Waals surface area contributed by atoms with Gasteiger partial charge < -0.3 is 9.73 Å². The second-order valence-corrected chi connectivity index (χ2v) is 4.20. The van der Waals surface area contributed by atoms with E-state index in [1.807, 2.05) is 12.1 Å². The Hall–Kier alpha value is -0.480. The van der Waals surface area contributed by atoms with Gasteiger partial charge in [0.2, 0.25) is 0 Å². The summed E-state index contributed by atoms with van der Waals surface area (Å²) in [7, 11) is 0. The Morgan fingerprint density at radius 2 is 2.18 bits per heavy atom. The topological polar surface area (TPSA) is 38.1 Å². The maximum atomic E-state index is 5.82. The highest BCUT2D eigenvalue weighted by atomic mass is 35.5. The van der Waals surface area contributed by atoms with E-state index in [0.717, 1.165) is 29.8 Å². The molecular formula is C11H13Cl3N2O. The predicted octanol–water partition coefficient (Wildman–Crippen LogP) is 3.75. The van der Waals surface area contributed by atoms with Crippen LogP contribution in [0.15, 0.2) is 22.6 Å². The first kappa shape index (κ1) is 14.6. The van der Waals surface area contributed by atoms with Crippen LogP contribution in [0.4, 0.5) is 0 Å². The number of halogens is 3. The SMILES string of the molecule is Cl.Cl.Clc1ccc2oc([C@@H]3CCCN3)cc2n1. The lowest BCUT2D eigenvalue weighted by Gasteiger charge is -2.04. The lowest BCUT2D eigenvalue weighted by Crippen LogP contribution is -2.11. The standard InChI is InChI=1S/C11H11ClN2O.2ClH/c12-11-4-3-9-8(14-11)6-10(15-9)7-2-1-5-13-7;;/h3-4,6-7,13H,1-2,5H2;2*1H/t7-;;/m0../s1. The van der Waals surface area contributed by atoms with Gasteiger partial charge in [-0.05, 0) is 31.5 Å². The fourth-order valence-electron chi connectivity index (χ4n) is 2.02. The number of nitrogens with zero attached hydrogens (tertiary/aromatic N) is 1. The zero-order chi connectivity index (χ0) is 10.3. The van der Waals surface area contributed by atoms with Crippen LogP contribution in [0, 0.1) is 0 Å². The predicted molar refractivity (Wildman–Crippen MR) is 73.5 cm³/mol. The van der Waals surface area contributed by atoms with Crippen LogP contribution in [0.2, 0.25) is 5.15 Å². The van der Waals surface area contributed by atoms with Gasteiger partial charge in [-0.1, -0.05) is 11.6 Å². The van der Waals surface area contributed by atoms with E-state index in [1.54, 1.807) is 6.07 Å². The third kappa shape index (κ3) is 2.86. The van der Waals surface area contributed by atoms with E-state index in [0.29, 0.717) is 11.2 Å². The molecule has 3 heterocycles. The summed E-state index contributed by atoms with van der Waals surface area (Å²) < 4.78 is 5.72. The molecule has 94 valence electrons. The van der Waals surface area contributed by atoms with Crippen LogP contribution in [0.3, 0.4) is 0 Å². The number of rotatable bonds is 1. The van der Waals surface area contributed by atoms with Crippen molar-refractivity contribution in [3.63, 3.8) is 0 Å². The van der Waals surface area contributed by atoms with Crippen LogP contribution in [0.5, 0.6) is 0 Å². The number of pyridine rings is 1. The minimum absolute atomic E-state index is 0. The summed E-state index contributed by atoms with van der Waals surface area (Å²) in [5, 5.41) is 3.90. The van der Waals surface area contributed by atoms with Gasteiger partial charge >= 0.3 is 0 Å². The molecule has 6 heteroatoms. The molecule has 3 rings (SSSR count). The van der Waals surface area contributed by atoms with Crippen molar-refractivity contribution >= 4 is 47.5 Å². The van der Waals surface area contributed by atoms with Crippen LogP contribution in [0.25, 0.3) is 11.1 Å². The Balaban J connectivity index is 0.000000722. The van der Waals surface area contributed by atoms with Crippen molar-refractivity contribution in [3.8, 4) is 0 Å². The normalized spacial score (nSPS) is 18.8. The Morgan fingerprint density at radius 3 is 2.88 bits per heavy atom. The third-order valence-electron chi connectivity index (χ3n) is 2.76. The maximum absolute atomic E-state index is 5.82. The molecule has 1 fully saturated rings. The molecule has 0 unspecified atom stereocenters. The second kappa shape index (κ2) is 5.91. The van der Waals surface area contributed by atoms with Gasteiger partial charge in [-0.15, -0.1) is 24.8 Å². The fraction of sp³-hybridized carbons (Fsp3) is 0.364. The van der Waals surface area contributed by atoms with E-state index in [4.69, 9.17) is 16.0 Å². The van der Waals surface area contributed by atoms with Crippen molar-refractivity contribution in [1.29, 1.82) is 0 Å². The molecule has 1 aliphatic rings. The first-order valence-corrected chi connectivity index (χ1v) is 5.50. The molecule has 2 aromatic heterocycles. The zero-order valence-corrected chi connectivity index (χ0v) is 11.4. The van der Waals surface area contributed by atoms with Gasteiger partial charge in [0.05, 0.1) is 6.04 Å². The number of hydrogen-bond acceptors (Lipinski definition) is 3. The van der Waals surface area contributed by atoms with Gasteiger partial charge in [-0.25, -0.2) is 4.98 Å². The van der Waals surface area contributed by atoms with Crippen LogP contribution in [0.1, 0.15) is 24.6 Å². The highest BCUT2D eigenvalue weighted by Crippen LogP contribution is 2.28. The van der Waals surface area contributed by atoms with Crippen LogP contribution >= 0.6 is 36.4 Å². The number of aromatic nitrogens is 1. The summed E-state index contributed by atoms with van der Waals surface area (Å²) in [6, 6.07) is 5.94. The van der Waals surface area contributed by atoms with Crippen molar-refractivity contribution in [2.75, 3.05) is 6.54 Å². The molecule has 0 aromatic carbocycles. The molecule has 0 amide bonds. The molecule has 0 radical (unpaired) electrons. The van der Waals surface area contributed by atoms with Crippen LogP contribution < -0.4 is 5.32 Å². The smallest absolute Gasteiger partial charge is 0.152 e. The van der Waals surface area contributed by atoms with Crippen molar-refractivity contribution in [3.05, 3.63) is 29.1 Å². The van der Waals surface area contributed by atoms with Crippen molar-refractivity contribution in [2.24, 2.45) is 0 Å². The lowest BCUT2D eigenvalue weighted by molar-refractivity contribution is 0.471. The molecule has 1 saturated heterocycles. The minimum Gasteiger partial charge on any atom is -0.458 e. The number of nitrogens with one attached hydrogen (secondary N) is 1. The Bertz CT molecular complexity index is 494. The highest BCUT2D eigenvalue weighted by molar-refractivity contribution is 6.29. The molecule has 1 atom stereocenters. The van der Waals surface area contributed by atoms with E-state index < -0.39 is 0 Å². The molecular weight excluding hydrogens is 282 g/mol. The van der Waals surface area contributed by atoms with E-state index in [9.17, 15) is 0 Å². The molecule has 1 aliphatic heterocycles. The Labute approximate surface area is 117 Å². The van der Waals surface area contributed by atoms with E-state index in [-0.39, 0.29) is 24.8 Å². The van der Waals surface area contributed by atoms with Gasteiger partial charge in [0.15, 0.2) is 5.58 Å². The number of furan rings is 1. The Morgan fingerprint density at radius 1 is 1.35 bits per heavy atom. The summed E-state index contributed by atoms with van der Waals surface area (Å²) in [6.45, 7) is 1.07. The summed E-state index contributed by atoms with van der Waals surface area (Å²) in [5.74, 6) is 0.970. The van der Waals surface area contributed by atoms with Crippen LogP contribution in [-0.4, -0.2) is 11.5 Å². The number of fused-ring (bicyclic) bond motifs is 1. The molecule has 0 aliphatic carbocycles. The maximum Gasteiger partial charge on any atom is 0.152 e. The molecule has 2 aromatic rings. The van der Waals surface area contributed by atoms with Crippen molar-refractivity contribution in [2.45, 2.75) is 18.9 Å². The summed E-state index contributed by atoms with van der Waals surface area (Å²) in [5.41, 5.74) is 1.65. The fourth-order valence-corrected chi connectivity index (χ4v) is 2.17. The lowest BCUT2D eigenvalue weighted by atomic mass is 10.2. The first-order valence-electron chi connectivity index (χ1n) is 5.12. The highest BCUT2D eigenvalue weighted by Gasteiger charge is 2.20. The second-order valence-electron chi connectivity index (χ2n) is 3.82. The zero-order valence-electron chi connectivity index (χ0n) is 8.98. The molecule has 0 spiro atoms. The quantitative estimate of drug-likeness (QED) is 0.814. The monoisotopic (exact) mass is 294 g/mol. The summed E-state index contributed by atoms with van der Waals surface area (Å²) in [6.07, 6.45) is 2.34. The van der Waals surface area contributed by atoms with Crippen molar-refractivity contribution < 1.29 is 4.42 Å². The number of hydrogen-bond donors (Lipinski definition) is 1. The van der Waals surface area contributed by atoms with Crippen LogP contribution in [-0.2, 0) is 0 Å². The van der Waals surface area contributed by atoms with Crippen molar-refractivity contribution in [1.82, 2.24) is 10.3 Å². The van der Waals surface area contributed by atoms with E-state index >= 15 is 0 Å². The van der Waals surface area contributed by atoms with Gasteiger partial charge in [0, 0.05) is 6.07 Å². The van der Waals surface area contributed by atoms with Gasteiger partial charge in [-0.2, -0.15) is 0 Å². The summed E-state index contributed by atoms with van der Waals surface area (Å²) in [4.78, 5) is 4.21. The largest absolute Gasteiger partial charge is 0.458 e. The van der Waals surface area contributed by atoms with E-state index in [1.165, 1.54) is 6.42 Å². The summed E-state index contributed by atoms with van der Waals surface area (Å²) >= 11 is 5.82. The minimum atomic E-state index is 0. The molecule has 0 saturated carbocycles. The van der Waals surface area contributed by atoms with Gasteiger partial charge in [0.25, 0.3) is 0 Å². The average Bonchev–Trinajstić information content (AvgIpc) is 2.84. The van der Waals surface area contributed by atoms with Gasteiger partial charge in [0.1, 0.15) is 16.4 Å². The molecule has 17 heavy (non-hydrogen) atoms. The molecule has 3 nitrogen and oxygen atoms in total. The average molecular weight is 296 g/mol. The van der Waals surface area contributed by atoms with E-state index in [2.05, 4.69) is 10.3 Å². The van der Waals surface area contributed by atoms with Gasteiger partial charge in [-0.3, -0.25) is 0 Å². The molecule has 0 bridgehead atoms. The Kier molecular flexibility index (Phi) is 5.07. The third-order valence-corrected chi connectivity index (χ3v) is 2.97. The molecule has 1 N–H and O–H groups in total. The first-order chi connectivity index (χ1) is 7.33.